The molecule has 0 aromatic carbocycles. The summed E-state index contributed by atoms with van der Waals surface area (Å²) >= 11 is 0. The maximum Gasteiger partial charge on any atom is 0.131 e. The maximum absolute atomic E-state index is 10.7. The highest BCUT2D eigenvalue weighted by Crippen LogP contribution is 2.20. The molecule has 3 heteroatoms. The molecule has 1 aliphatic rings. The van der Waals surface area contributed by atoms with Crippen LogP contribution in [0.3, 0.4) is 0 Å². The van der Waals surface area contributed by atoms with Gasteiger partial charge < -0.3 is 10.0 Å². The van der Waals surface area contributed by atoms with Crippen LogP contribution in [0.4, 0.5) is 0 Å². The second-order valence-corrected chi connectivity index (χ2v) is 4.29. The van der Waals surface area contributed by atoms with E-state index in [1.54, 1.807) is 6.92 Å². The van der Waals surface area contributed by atoms with Crippen LogP contribution in [-0.2, 0) is 4.79 Å². The van der Waals surface area contributed by atoms with E-state index < -0.39 is 5.60 Å². The summed E-state index contributed by atoms with van der Waals surface area (Å²) in [7, 11) is 0. The quantitative estimate of drug-likeness (QED) is 0.707. The van der Waals surface area contributed by atoms with Gasteiger partial charge in [0.1, 0.15) is 5.78 Å². The Bertz CT molecular complexity index is 179. The molecule has 76 valence electrons. The first kappa shape index (κ1) is 10.7. The average Bonchev–Trinajstić information content (AvgIpc) is 2.02. The molecule has 1 fully saturated rings. The Morgan fingerprint density at radius 1 is 1.46 bits per heavy atom. The first-order chi connectivity index (χ1) is 5.99. The fraction of sp³-hybridized carbons (Fsp3) is 0.900. The van der Waals surface area contributed by atoms with E-state index in [0.29, 0.717) is 6.42 Å². The predicted octanol–water partition coefficient (Wildman–Crippen LogP) is 0.812. The fourth-order valence-corrected chi connectivity index (χ4v) is 1.57. The molecule has 0 aromatic rings. The number of Topliss-reactive ketones (excluding diaryl/α,β-unsaturated/α-hetero) is 1. The molecule has 0 spiro atoms. The minimum absolute atomic E-state index is 0.248. The van der Waals surface area contributed by atoms with Crippen LogP contribution in [0, 0.1) is 0 Å². The molecule has 0 atom stereocenters. The zero-order chi connectivity index (χ0) is 9.90. The van der Waals surface area contributed by atoms with Gasteiger partial charge >= 0.3 is 0 Å². The third-order valence-electron chi connectivity index (χ3n) is 2.71. The van der Waals surface area contributed by atoms with Gasteiger partial charge in [0.25, 0.3) is 0 Å². The number of aliphatic hydroxyl groups is 1. The van der Waals surface area contributed by atoms with E-state index in [-0.39, 0.29) is 5.78 Å². The molecule has 1 saturated heterocycles. The molecule has 13 heavy (non-hydrogen) atoms. The summed E-state index contributed by atoms with van der Waals surface area (Å²) < 4.78 is 0. The number of piperidine rings is 1. The molecule has 0 aliphatic carbocycles. The normalized spacial score (nSPS) is 23.0. The summed E-state index contributed by atoms with van der Waals surface area (Å²) in [6, 6.07) is 0. The van der Waals surface area contributed by atoms with Crippen LogP contribution in [0.15, 0.2) is 0 Å². The summed E-state index contributed by atoms with van der Waals surface area (Å²) in [4.78, 5) is 13.0. The summed E-state index contributed by atoms with van der Waals surface area (Å²) in [5.41, 5.74) is -0.479. The van der Waals surface area contributed by atoms with Gasteiger partial charge in [0.2, 0.25) is 0 Å². The number of hydrogen-bond acceptors (Lipinski definition) is 3. The van der Waals surface area contributed by atoms with E-state index in [2.05, 4.69) is 4.90 Å². The number of nitrogens with zero attached hydrogens (tertiary/aromatic N) is 1. The first-order valence-electron chi connectivity index (χ1n) is 4.94. The van der Waals surface area contributed by atoms with Crippen LogP contribution in [0.25, 0.3) is 0 Å². The fourth-order valence-electron chi connectivity index (χ4n) is 1.57. The number of carbonyl (C=O) groups excluding carboxylic acids is 1. The lowest BCUT2D eigenvalue weighted by atomic mass is 9.94. The molecule has 0 aromatic heterocycles. The van der Waals surface area contributed by atoms with Gasteiger partial charge in [-0.25, -0.2) is 0 Å². The first-order valence-corrected chi connectivity index (χ1v) is 4.94. The molecule has 1 rings (SSSR count). The summed E-state index contributed by atoms with van der Waals surface area (Å²) in [6.07, 6.45) is 2.29. The summed E-state index contributed by atoms with van der Waals surface area (Å²) in [5.74, 6) is 0.248. The van der Waals surface area contributed by atoms with Crippen molar-refractivity contribution in [1.29, 1.82) is 0 Å². The lowest BCUT2D eigenvalue weighted by molar-refractivity contribution is -0.117. The molecule has 0 bridgehead atoms. The van der Waals surface area contributed by atoms with Crippen molar-refractivity contribution in [3.05, 3.63) is 0 Å². The molecular formula is C10H19NO2. The summed E-state index contributed by atoms with van der Waals surface area (Å²) in [6.45, 7) is 6.20. The Morgan fingerprint density at radius 2 is 2.00 bits per heavy atom. The molecular weight excluding hydrogens is 166 g/mol. The molecule has 1 aliphatic heterocycles. The van der Waals surface area contributed by atoms with Crippen molar-refractivity contribution in [1.82, 2.24) is 4.90 Å². The highest BCUT2D eigenvalue weighted by molar-refractivity contribution is 5.75. The third-order valence-corrected chi connectivity index (χ3v) is 2.71. The standard InChI is InChI=1S/C10H19NO2/c1-9(12)3-6-11-7-4-10(2,13)5-8-11/h13H,3-8H2,1-2H3. The SMILES string of the molecule is CC(=O)CCN1CCC(C)(O)CC1. The number of ketones is 1. The minimum Gasteiger partial charge on any atom is -0.390 e. The van der Waals surface area contributed by atoms with Crippen molar-refractivity contribution in [3.8, 4) is 0 Å². The Balaban J connectivity index is 2.21. The largest absolute Gasteiger partial charge is 0.390 e. The highest BCUT2D eigenvalue weighted by atomic mass is 16.3. The predicted molar refractivity (Wildman–Crippen MR) is 51.6 cm³/mol. The molecule has 1 heterocycles. The van der Waals surface area contributed by atoms with E-state index >= 15 is 0 Å². The van der Waals surface area contributed by atoms with Crippen molar-refractivity contribution < 1.29 is 9.90 Å². The molecule has 0 radical (unpaired) electrons. The molecule has 0 unspecified atom stereocenters. The number of carbonyl (C=O) groups is 1. The zero-order valence-corrected chi connectivity index (χ0v) is 8.55. The summed E-state index contributed by atoms with van der Waals surface area (Å²) in [5, 5.41) is 9.68. The lowest BCUT2D eigenvalue weighted by Crippen LogP contribution is -2.42. The monoisotopic (exact) mass is 185 g/mol. The van der Waals surface area contributed by atoms with Crippen LogP contribution in [-0.4, -0.2) is 41.0 Å². The van der Waals surface area contributed by atoms with E-state index in [9.17, 15) is 9.90 Å². The van der Waals surface area contributed by atoms with E-state index in [4.69, 9.17) is 0 Å². The highest BCUT2D eigenvalue weighted by Gasteiger charge is 2.26. The Morgan fingerprint density at radius 3 is 2.46 bits per heavy atom. The van der Waals surface area contributed by atoms with Crippen LogP contribution in [0.1, 0.15) is 33.1 Å². The van der Waals surface area contributed by atoms with E-state index in [1.807, 2.05) is 6.92 Å². The van der Waals surface area contributed by atoms with Gasteiger partial charge in [-0.2, -0.15) is 0 Å². The van der Waals surface area contributed by atoms with Gasteiger partial charge in [0.05, 0.1) is 5.60 Å². The molecule has 0 saturated carbocycles. The van der Waals surface area contributed by atoms with Crippen molar-refractivity contribution in [2.45, 2.75) is 38.7 Å². The van der Waals surface area contributed by atoms with Crippen LogP contribution in [0.2, 0.25) is 0 Å². The van der Waals surface area contributed by atoms with Gasteiger partial charge in [0, 0.05) is 26.1 Å². The topological polar surface area (TPSA) is 40.5 Å². The average molecular weight is 185 g/mol. The lowest BCUT2D eigenvalue weighted by Gasteiger charge is -2.35. The van der Waals surface area contributed by atoms with Crippen molar-refractivity contribution in [2.75, 3.05) is 19.6 Å². The van der Waals surface area contributed by atoms with Crippen LogP contribution >= 0.6 is 0 Å². The van der Waals surface area contributed by atoms with E-state index in [1.165, 1.54) is 0 Å². The van der Waals surface area contributed by atoms with Crippen molar-refractivity contribution >= 4 is 5.78 Å². The van der Waals surface area contributed by atoms with Crippen LogP contribution < -0.4 is 0 Å². The maximum atomic E-state index is 10.7. The molecule has 0 amide bonds. The Hall–Kier alpha value is -0.410. The van der Waals surface area contributed by atoms with Crippen molar-refractivity contribution in [3.63, 3.8) is 0 Å². The second-order valence-electron chi connectivity index (χ2n) is 4.29. The number of rotatable bonds is 3. The van der Waals surface area contributed by atoms with Gasteiger partial charge in [-0.1, -0.05) is 0 Å². The van der Waals surface area contributed by atoms with Crippen LogP contribution in [0.5, 0.6) is 0 Å². The second kappa shape index (κ2) is 4.20. The zero-order valence-electron chi connectivity index (χ0n) is 8.55. The molecule has 3 nitrogen and oxygen atoms in total. The Kier molecular flexibility index (Phi) is 3.45. The van der Waals surface area contributed by atoms with Gasteiger partial charge in [-0.05, 0) is 26.7 Å². The smallest absolute Gasteiger partial charge is 0.131 e. The third kappa shape index (κ3) is 3.87. The van der Waals surface area contributed by atoms with Gasteiger partial charge in [-0.15, -0.1) is 0 Å². The van der Waals surface area contributed by atoms with Gasteiger partial charge in [0.15, 0.2) is 0 Å². The minimum atomic E-state index is -0.479. The van der Waals surface area contributed by atoms with Crippen molar-refractivity contribution in [2.24, 2.45) is 0 Å². The number of hydrogen-bond donors (Lipinski definition) is 1. The van der Waals surface area contributed by atoms with Gasteiger partial charge in [-0.3, -0.25) is 4.79 Å². The molecule has 1 N–H and O–H groups in total. The van der Waals surface area contributed by atoms with E-state index in [0.717, 1.165) is 32.5 Å². The number of likely N-dealkylation sites (tertiary alicyclic amines) is 1. The Labute approximate surface area is 79.7 Å².